The van der Waals surface area contributed by atoms with Crippen LogP contribution in [-0.4, -0.2) is 38.4 Å². The number of methoxy groups -OCH3 is 1. The van der Waals surface area contributed by atoms with Gasteiger partial charge in [-0.15, -0.1) is 0 Å². The van der Waals surface area contributed by atoms with Gasteiger partial charge in [0.05, 0.1) is 12.8 Å². The van der Waals surface area contributed by atoms with Crippen LogP contribution in [0.25, 0.3) is 0 Å². The van der Waals surface area contributed by atoms with Gasteiger partial charge >= 0.3 is 0 Å². The zero-order chi connectivity index (χ0) is 18.8. The van der Waals surface area contributed by atoms with Crippen molar-refractivity contribution in [2.45, 2.75) is 39.5 Å². The molecule has 0 saturated carbocycles. The molecule has 0 amide bonds. The van der Waals surface area contributed by atoms with Gasteiger partial charge in [0.1, 0.15) is 11.5 Å². The first-order chi connectivity index (χ1) is 12.6. The van der Waals surface area contributed by atoms with Crippen LogP contribution in [-0.2, 0) is 12.8 Å². The molecule has 142 valence electrons. The first kappa shape index (κ1) is 19.8. The maximum absolute atomic E-state index is 5.19. The van der Waals surface area contributed by atoms with Crippen LogP contribution in [0, 0.1) is 13.8 Å². The molecule has 1 aromatic carbocycles. The number of nitrogens with one attached hydrogen (secondary N) is 2. The summed E-state index contributed by atoms with van der Waals surface area (Å²) in [6.07, 6.45) is 4.18. The van der Waals surface area contributed by atoms with Crippen LogP contribution in [0.5, 0.6) is 5.75 Å². The van der Waals surface area contributed by atoms with Crippen molar-refractivity contribution in [3.8, 4) is 5.75 Å². The Morgan fingerprint density at radius 3 is 2.42 bits per heavy atom. The minimum Gasteiger partial charge on any atom is -0.497 e. The Labute approximate surface area is 156 Å². The zero-order valence-corrected chi connectivity index (χ0v) is 16.3. The second-order valence-electron chi connectivity index (χ2n) is 6.28. The quantitative estimate of drug-likeness (QED) is 0.410. The Balaban J connectivity index is 1.61. The van der Waals surface area contributed by atoms with Crippen molar-refractivity contribution >= 4 is 5.96 Å². The van der Waals surface area contributed by atoms with Crippen LogP contribution >= 0.6 is 0 Å². The van der Waals surface area contributed by atoms with Crippen LogP contribution in [0.15, 0.2) is 33.8 Å². The van der Waals surface area contributed by atoms with E-state index in [2.05, 4.69) is 32.9 Å². The number of benzene rings is 1. The van der Waals surface area contributed by atoms with Crippen molar-refractivity contribution < 1.29 is 9.26 Å². The van der Waals surface area contributed by atoms with Crippen molar-refractivity contribution in [3.05, 3.63) is 46.8 Å². The van der Waals surface area contributed by atoms with Gasteiger partial charge in [-0.25, -0.2) is 0 Å². The minimum absolute atomic E-state index is 0.800. The van der Waals surface area contributed by atoms with E-state index in [1.165, 1.54) is 11.1 Å². The van der Waals surface area contributed by atoms with Gasteiger partial charge in [-0.05, 0) is 57.2 Å². The van der Waals surface area contributed by atoms with Crippen LogP contribution in [0.4, 0.5) is 0 Å². The number of rotatable bonds is 9. The second-order valence-corrected chi connectivity index (χ2v) is 6.28. The minimum atomic E-state index is 0.800. The van der Waals surface area contributed by atoms with Crippen molar-refractivity contribution in [2.24, 2.45) is 4.99 Å². The molecule has 0 fully saturated rings. The molecule has 2 aromatic rings. The van der Waals surface area contributed by atoms with Crippen molar-refractivity contribution in [1.82, 2.24) is 15.8 Å². The van der Waals surface area contributed by atoms with E-state index in [0.29, 0.717) is 0 Å². The van der Waals surface area contributed by atoms with E-state index in [4.69, 9.17) is 9.26 Å². The number of hydrogen-bond acceptors (Lipinski definition) is 4. The molecule has 2 N–H and O–H groups in total. The number of aryl methyl sites for hydroxylation is 3. The van der Waals surface area contributed by atoms with E-state index in [1.807, 2.05) is 26.0 Å². The fraction of sp³-hybridized carbons (Fsp3) is 0.500. The molecule has 26 heavy (non-hydrogen) atoms. The molecule has 1 heterocycles. The summed E-state index contributed by atoms with van der Waals surface area (Å²) in [5.74, 6) is 2.63. The van der Waals surface area contributed by atoms with E-state index in [0.717, 1.165) is 61.9 Å². The maximum Gasteiger partial charge on any atom is 0.190 e. The lowest BCUT2D eigenvalue weighted by molar-refractivity contribution is 0.392. The Morgan fingerprint density at radius 1 is 1.08 bits per heavy atom. The fourth-order valence-corrected chi connectivity index (χ4v) is 2.84. The second kappa shape index (κ2) is 10.5. The Kier molecular flexibility index (Phi) is 7.99. The molecule has 6 heteroatoms. The highest BCUT2D eigenvalue weighted by atomic mass is 16.5. The molecule has 0 atom stereocenters. The molecule has 2 rings (SSSR count). The molecule has 0 spiro atoms. The van der Waals surface area contributed by atoms with Crippen LogP contribution in [0.1, 0.15) is 35.4 Å². The van der Waals surface area contributed by atoms with Gasteiger partial charge in [-0.1, -0.05) is 17.3 Å². The number of nitrogens with zero attached hydrogens (tertiary/aromatic N) is 2. The molecule has 0 aliphatic heterocycles. The predicted octanol–water partition coefficient (Wildman–Crippen LogP) is 3.03. The van der Waals surface area contributed by atoms with Gasteiger partial charge in [0.2, 0.25) is 0 Å². The maximum atomic E-state index is 5.19. The predicted molar refractivity (Wildman–Crippen MR) is 105 cm³/mol. The Bertz CT molecular complexity index is 673. The molecule has 0 unspecified atom stereocenters. The third-order valence-corrected chi connectivity index (χ3v) is 4.42. The van der Waals surface area contributed by atoms with E-state index in [1.54, 1.807) is 14.2 Å². The summed E-state index contributed by atoms with van der Waals surface area (Å²) in [5, 5.41) is 10.7. The lowest BCUT2D eigenvalue weighted by atomic mass is 10.1. The Morgan fingerprint density at radius 2 is 1.81 bits per heavy atom. The van der Waals surface area contributed by atoms with Crippen molar-refractivity contribution in [2.75, 3.05) is 27.2 Å². The highest BCUT2D eigenvalue weighted by Crippen LogP contribution is 2.13. The van der Waals surface area contributed by atoms with Crippen LogP contribution in [0.2, 0.25) is 0 Å². The largest absolute Gasteiger partial charge is 0.497 e. The number of ether oxygens (including phenoxy) is 1. The summed E-state index contributed by atoms with van der Waals surface area (Å²) < 4.78 is 10.4. The normalized spacial score (nSPS) is 11.5. The summed E-state index contributed by atoms with van der Waals surface area (Å²) in [6.45, 7) is 5.63. The summed E-state index contributed by atoms with van der Waals surface area (Å²) in [7, 11) is 3.48. The molecule has 0 radical (unpaired) electrons. The average Bonchev–Trinajstić information content (AvgIpc) is 2.98. The molecular weight excluding hydrogens is 328 g/mol. The van der Waals surface area contributed by atoms with Gasteiger partial charge in [-0.2, -0.15) is 0 Å². The van der Waals surface area contributed by atoms with E-state index in [9.17, 15) is 0 Å². The molecule has 0 aliphatic rings. The zero-order valence-electron chi connectivity index (χ0n) is 16.3. The van der Waals surface area contributed by atoms with E-state index < -0.39 is 0 Å². The number of aliphatic imine (C=N–C) groups is 1. The first-order valence-corrected chi connectivity index (χ1v) is 9.13. The summed E-state index contributed by atoms with van der Waals surface area (Å²) >= 11 is 0. The summed E-state index contributed by atoms with van der Waals surface area (Å²) in [5.41, 5.74) is 3.48. The Hall–Kier alpha value is -2.50. The molecule has 0 aliphatic carbocycles. The highest BCUT2D eigenvalue weighted by molar-refractivity contribution is 5.79. The number of aromatic nitrogens is 1. The third kappa shape index (κ3) is 6.10. The van der Waals surface area contributed by atoms with E-state index in [-0.39, 0.29) is 0 Å². The number of guanidine groups is 1. The first-order valence-electron chi connectivity index (χ1n) is 9.13. The van der Waals surface area contributed by atoms with Crippen molar-refractivity contribution in [1.29, 1.82) is 0 Å². The van der Waals surface area contributed by atoms with E-state index >= 15 is 0 Å². The molecule has 0 saturated heterocycles. The highest BCUT2D eigenvalue weighted by Gasteiger charge is 2.08. The molecule has 6 nitrogen and oxygen atoms in total. The number of hydrogen-bond donors (Lipinski definition) is 2. The standard InChI is InChI=1S/C20H30N4O2/c1-15-19(16(2)26-24-15)12-14-23-20(21-3)22-13-6-5-7-17-8-10-18(25-4)11-9-17/h8-11H,5-7,12-14H2,1-4H3,(H2,21,22,23). The van der Waals surface area contributed by atoms with Gasteiger partial charge in [0.25, 0.3) is 0 Å². The van der Waals surface area contributed by atoms with Gasteiger partial charge in [0, 0.05) is 25.7 Å². The number of unbranched alkanes of at least 4 members (excludes halogenated alkanes) is 1. The SMILES string of the molecule is CN=C(NCCCCc1ccc(OC)cc1)NCCc1c(C)noc1C. The van der Waals surface area contributed by atoms with Gasteiger partial charge < -0.3 is 19.9 Å². The van der Waals surface area contributed by atoms with Crippen LogP contribution in [0.3, 0.4) is 0 Å². The van der Waals surface area contributed by atoms with Crippen LogP contribution < -0.4 is 15.4 Å². The lowest BCUT2D eigenvalue weighted by Gasteiger charge is -2.11. The summed E-state index contributed by atoms with van der Waals surface area (Å²) in [4.78, 5) is 4.27. The van der Waals surface area contributed by atoms with Gasteiger partial charge in [-0.3, -0.25) is 4.99 Å². The monoisotopic (exact) mass is 358 g/mol. The average molecular weight is 358 g/mol. The molecule has 0 bridgehead atoms. The third-order valence-electron chi connectivity index (χ3n) is 4.42. The molecule has 1 aromatic heterocycles. The lowest BCUT2D eigenvalue weighted by Crippen LogP contribution is -2.38. The smallest absolute Gasteiger partial charge is 0.190 e. The molecular formula is C20H30N4O2. The van der Waals surface area contributed by atoms with Gasteiger partial charge in [0.15, 0.2) is 5.96 Å². The van der Waals surface area contributed by atoms with Crippen molar-refractivity contribution in [3.63, 3.8) is 0 Å². The topological polar surface area (TPSA) is 71.7 Å². The summed E-state index contributed by atoms with van der Waals surface area (Å²) in [6, 6.07) is 8.28. The fourth-order valence-electron chi connectivity index (χ4n) is 2.84.